The Bertz CT molecular complexity index is 504. The van der Waals surface area contributed by atoms with Crippen molar-refractivity contribution < 1.29 is 15.0 Å². The highest BCUT2D eigenvalue weighted by Crippen LogP contribution is 2.45. The molecule has 1 aromatic rings. The summed E-state index contributed by atoms with van der Waals surface area (Å²) in [6, 6.07) is 4.55. The molecular weight excluding hydrogens is 216 g/mol. The van der Waals surface area contributed by atoms with Crippen LogP contribution in [0.4, 0.5) is 0 Å². The fourth-order valence-corrected chi connectivity index (χ4v) is 3.01. The molecule has 1 fully saturated rings. The Kier molecular flexibility index (Phi) is 2.21. The van der Waals surface area contributed by atoms with Gasteiger partial charge in [0.25, 0.3) is 0 Å². The van der Waals surface area contributed by atoms with Gasteiger partial charge in [0.15, 0.2) is 17.3 Å². The zero-order valence-corrected chi connectivity index (χ0v) is 9.34. The van der Waals surface area contributed by atoms with Crippen molar-refractivity contribution in [2.75, 3.05) is 0 Å². The molecule has 2 bridgehead atoms. The van der Waals surface area contributed by atoms with Gasteiger partial charge in [-0.3, -0.25) is 4.79 Å². The molecular formula is C14H14O3. The Hall–Kier alpha value is -1.77. The molecule has 2 aliphatic rings. The highest BCUT2D eigenvalue weighted by molar-refractivity contribution is 6.01. The smallest absolute Gasteiger partial charge is 0.170 e. The average molecular weight is 230 g/mol. The monoisotopic (exact) mass is 230 g/mol. The van der Waals surface area contributed by atoms with Crippen molar-refractivity contribution in [1.82, 2.24) is 0 Å². The summed E-state index contributed by atoms with van der Waals surface area (Å²) in [5.74, 6) is 0.245. The number of benzene rings is 1. The third kappa shape index (κ3) is 1.54. The lowest BCUT2D eigenvalue weighted by Crippen LogP contribution is -2.19. The summed E-state index contributed by atoms with van der Waals surface area (Å²) in [7, 11) is 0. The molecule has 0 aliphatic heterocycles. The fourth-order valence-electron chi connectivity index (χ4n) is 3.01. The molecule has 1 saturated carbocycles. The third-order valence-electron chi connectivity index (χ3n) is 3.90. The van der Waals surface area contributed by atoms with Crippen LogP contribution in [0.25, 0.3) is 0 Å². The lowest BCUT2D eigenvalue weighted by molar-refractivity contribution is 0.0898. The maximum absolute atomic E-state index is 12.3. The molecule has 2 aliphatic carbocycles. The molecule has 3 nitrogen and oxygen atoms in total. The second-order valence-corrected chi connectivity index (χ2v) is 4.92. The van der Waals surface area contributed by atoms with Crippen LogP contribution in [0.2, 0.25) is 0 Å². The van der Waals surface area contributed by atoms with Gasteiger partial charge >= 0.3 is 0 Å². The number of hydrogen-bond donors (Lipinski definition) is 2. The quantitative estimate of drug-likeness (QED) is 0.466. The van der Waals surface area contributed by atoms with E-state index in [4.69, 9.17) is 0 Å². The first kappa shape index (κ1) is 10.4. The molecule has 17 heavy (non-hydrogen) atoms. The number of phenols is 2. The van der Waals surface area contributed by atoms with Crippen LogP contribution in [0, 0.1) is 17.8 Å². The molecule has 0 heterocycles. The highest BCUT2D eigenvalue weighted by Gasteiger charge is 2.40. The Labute approximate surface area is 99.4 Å². The van der Waals surface area contributed by atoms with E-state index >= 15 is 0 Å². The minimum absolute atomic E-state index is 0.0299. The molecule has 3 heteroatoms. The third-order valence-corrected chi connectivity index (χ3v) is 3.90. The summed E-state index contributed by atoms with van der Waals surface area (Å²) in [5.41, 5.74) is 0.246. The molecule has 0 saturated heterocycles. The van der Waals surface area contributed by atoms with E-state index in [-0.39, 0.29) is 28.8 Å². The minimum Gasteiger partial charge on any atom is -0.504 e. The Morgan fingerprint density at radius 1 is 1.18 bits per heavy atom. The Morgan fingerprint density at radius 3 is 2.65 bits per heavy atom. The van der Waals surface area contributed by atoms with Gasteiger partial charge in [0, 0.05) is 5.92 Å². The van der Waals surface area contributed by atoms with Gasteiger partial charge in [0.2, 0.25) is 0 Å². The molecule has 0 spiro atoms. The number of rotatable bonds is 2. The van der Waals surface area contributed by atoms with E-state index in [1.807, 2.05) is 0 Å². The number of phenolic OH excluding ortho intramolecular Hbond substituents is 2. The number of carbonyl (C=O) groups excluding carboxylic acids is 1. The van der Waals surface area contributed by atoms with Crippen LogP contribution < -0.4 is 0 Å². The Balaban J connectivity index is 1.92. The van der Waals surface area contributed by atoms with Gasteiger partial charge in [-0.2, -0.15) is 0 Å². The summed E-state index contributed by atoms with van der Waals surface area (Å²) in [4.78, 5) is 12.3. The number of carbonyl (C=O) groups is 1. The number of allylic oxidation sites excluding steroid dienone is 2. The summed E-state index contributed by atoms with van der Waals surface area (Å²) in [5, 5.41) is 19.1. The number of Topliss-reactive ketones (excluding diaryl/α,β-unsaturated/α-hetero) is 1. The van der Waals surface area contributed by atoms with Crippen molar-refractivity contribution >= 4 is 5.78 Å². The molecule has 2 N–H and O–H groups in total. The molecule has 0 aromatic heterocycles. The summed E-state index contributed by atoms with van der Waals surface area (Å²) in [6.07, 6.45) is 6.21. The lowest BCUT2D eigenvalue weighted by atomic mass is 9.86. The zero-order valence-electron chi connectivity index (χ0n) is 9.34. The van der Waals surface area contributed by atoms with Gasteiger partial charge in [0.1, 0.15) is 0 Å². The van der Waals surface area contributed by atoms with E-state index in [1.54, 1.807) is 12.1 Å². The van der Waals surface area contributed by atoms with Crippen molar-refractivity contribution in [3.05, 3.63) is 35.9 Å². The van der Waals surface area contributed by atoms with Crippen LogP contribution in [0.5, 0.6) is 11.5 Å². The number of fused-ring (bicyclic) bond motifs is 2. The first-order chi connectivity index (χ1) is 8.16. The molecule has 3 atom stereocenters. The highest BCUT2D eigenvalue weighted by atomic mass is 16.3. The predicted octanol–water partition coefficient (Wildman–Crippen LogP) is 2.49. The van der Waals surface area contributed by atoms with E-state index in [0.29, 0.717) is 11.8 Å². The summed E-state index contributed by atoms with van der Waals surface area (Å²) in [6.45, 7) is 0. The fraction of sp³-hybridized carbons (Fsp3) is 0.357. The van der Waals surface area contributed by atoms with Gasteiger partial charge in [-0.15, -0.1) is 0 Å². The van der Waals surface area contributed by atoms with Gasteiger partial charge in [-0.05, 0) is 36.8 Å². The van der Waals surface area contributed by atoms with Gasteiger partial charge in [0.05, 0.1) is 5.56 Å². The summed E-state index contributed by atoms with van der Waals surface area (Å²) >= 11 is 0. The molecule has 0 amide bonds. The molecule has 88 valence electrons. The summed E-state index contributed by atoms with van der Waals surface area (Å²) < 4.78 is 0. The Morgan fingerprint density at radius 2 is 2.00 bits per heavy atom. The topological polar surface area (TPSA) is 57.5 Å². The standard InChI is InChI=1S/C14H14O3/c15-12-3-1-2-10(14(12)17)13(16)11-7-8-4-5-9(11)6-8/h1-5,8-9,11,15,17H,6-7H2. The number of aromatic hydroxyl groups is 2. The molecule has 3 unspecified atom stereocenters. The number of hydrogen-bond acceptors (Lipinski definition) is 3. The normalized spacial score (nSPS) is 29.8. The van der Waals surface area contributed by atoms with Crippen LogP contribution in [-0.4, -0.2) is 16.0 Å². The van der Waals surface area contributed by atoms with Crippen molar-refractivity contribution in [3.63, 3.8) is 0 Å². The largest absolute Gasteiger partial charge is 0.504 e. The number of para-hydroxylation sites is 1. The van der Waals surface area contributed by atoms with E-state index in [2.05, 4.69) is 12.2 Å². The van der Waals surface area contributed by atoms with Crippen molar-refractivity contribution in [2.24, 2.45) is 17.8 Å². The first-order valence-corrected chi connectivity index (χ1v) is 5.90. The van der Waals surface area contributed by atoms with Crippen LogP contribution >= 0.6 is 0 Å². The SMILES string of the molecule is O=C(c1cccc(O)c1O)C1CC2C=CC1C2. The van der Waals surface area contributed by atoms with Gasteiger partial charge < -0.3 is 10.2 Å². The van der Waals surface area contributed by atoms with E-state index < -0.39 is 0 Å². The second-order valence-electron chi connectivity index (χ2n) is 4.92. The predicted molar refractivity (Wildman–Crippen MR) is 62.9 cm³/mol. The second kappa shape index (κ2) is 3.62. The lowest BCUT2D eigenvalue weighted by Gasteiger charge is -2.17. The van der Waals surface area contributed by atoms with E-state index in [0.717, 1.165) is 12.8 Å². The first-order valence-electron chi connectivity index (χ1n) is 5.90. The van der Waals surface area contributed by atoms with Crippen LogP contribution in [0.15, 0.2) is 30.4 Å². The van der Waals surface area contributed by atoms with Crippen molar-refractivity contribution in [1.29, 1.82) is 0 Å². The van der Waals surface area contributed by atoms with Gasteiger partial charge in [-0.25, -0.2) is 0 Å². The maximum Gasteiger partial charge on any atom is 0.170 e. The van der Waals surface area contributed by atoms with Crippen LogP contribution in [0.3, 0.4) is 0 Å². The van der Waals surface area contributed by atoms with Crippen LogP contribution in [0.1, 0.15) is 23.2 Å². The zero-order chi connectivity index (χ0) is 12.0. The average Bonchev–Trinajstić information content (AvgIpc) is 2.94. The van der Waals surface area contributed by atoms with Crippen LogP contribution in [-0.2, 0) is 0 Å². The maximum atomic E-state index is 12.3. The van der Waals surface area contributed by atoms with E-state index in [9.17, 15) is 15.0 Å². The van der Waals surface area contributed by atoms with Crippen molar-refractivity contribution in [3.8, 4) is 11.5 Å². The van der Waals surface area contributed by atoms with Crippen molar-refractivity contribution in [2.45, 2.75) is 12.8 Å². The molecule has 1 aromatic carbocycles. The number of ketones is 1. The van der Waals surface area contributed by atoms with E-state index in [1.165, 1.54) is 6.07 Å². The minimum atomic E-state index is -0.288. The van der Waals surface area contributed by atoms with Gasteiger partial charge in [-0.1, -0.05) is 18.2 Å². The molecule has 0 radical (unpaired) electrons. The molecule has 3 rings (SSSR count).